The van der Waals surface area contributed by atoms with Gasteiger partial charge in [-0.05, 0) is 31.5 Å². The van der Waals surface area contributed by atoms with E-state index in [9.17, 15) is 8.42 Å². The highest BCUT2D eigenvalue weighted by Gasteiger charge is 2.27. The summed E-state index contributed by atoms with van der Waals surface area (Å²) in [6.45, 7) is 0.858. The average Bonchev–Trinajstić information content (AvgIpc) is 2.90. The lowest BCUT2D eigenvalue weighted by molar-refractivity contribution is 0.573. The number of nitrogens with zero attached hydrogens (tertiary/aromatic N) is 2. The third-order valence-electron chi connectivity index (χ3n) is 3.38. The number of benzene rings is 1. The van der Waals surface area contributed by atoms with Crippen molar-refractivity contribution in [1.29, 1.82) is 0 Å². The third-order valence-corrected chi connectivity index (χ3v) is 5.47. The highest BCUT2D eigenvalue weighted by atomic mass is 35.5. The van der Waals surface area contributed by atoms with Crippen molar-refractivity contribution < 1.29 is 8.42 Å². The fraction of sp³-hybridized carbons (Fsp3) is 0.385. The fourth-order valence-corrected chi connectivity index (χ4v) is 4.40. The van der Waals surface area contributed by atoms with Crippen LogP contribution in [0.2, 0.25) is 5.15 Å². The highest BCUT2D eigenvalue weighted by molar-refractivity contribution is 7.91. The minimum absolute atomic E-state index is 0.0136. The summed E-state index contributed by atoms with van der Waals surface area (Å²) < 4.78 is 24.9. The van der Waals surface area contributed by atoms with Gasteiger partial charge in [-0.2, -0.15) is 0 Å². The van der Waals surface area contributed by atoms with Crippen molar-refractivity contribution in [1.82, 2.24) is 15.3 Å². The number of halogens is 1. The molecule has 1 atom stereocenters. The minimum atomic E-state index is -3.53. The number of sulfone groups is 1. The second-order valence-electron chi connectivity index (χ2n) is 4.88. The molecule has 0 aliphatic carbocycles. The Morgan fingerprint density at radius 2 is 1.95 bits per heavy atom. The van der Waals surface area contributed by atoms with Gasteiger partial charge in [0.2, 0.25) is 0 Å². The Hall–Kier alpha value is -1.24. The summed E-state index contributed by atoms with van der Waals surface area (Å²) in [5.74, 6) is 0.0136. The monoisotopic (exact) mass is 311 g/mol. The van der Waals surface area contributed by atoms with Crippen LogP contribution in [0.1, 0.15) is 12.8 Å². The minimum Gasteiger partial charge on any atom is -0.313 e. The van der Waals surface area contributed by atoms with E-state index in [0.717, 1.165) is 19.4 Å². The van der Waals surface area contributed by atoms with E-state index in [0.29, 0.717) is 11.0 Å². The van der Waals surface area contributed by atoms with Gasteiger partial charge in [-0.15, -0.1) is 0 Å². The standard InChI is InChI=1S/C13H14ClN3O2S/c14-12-13(17-11-6-2-1-5-10(11)16-12)20(18,19)8-9-4-3-7-15-9/h1-2,5-6,9,15H,3-4,7-8H2/t9-/m0/s1. The summed E-state index contributed by atoms with van der Waals surface area (Å²) in [5.41, 5.74) is 1.13. The maximum atomic E-state index is 12.4. The van der Waals surface area contributed by atoms with Gasteiger partial charge in [0.1, 0.15) is 0 Å². The van der Waals surface area contributed by atoms with Gasteiger partial charge < -0.3 is 5.32 Å². The second-order valence-corrected chi connectivity index (χ2v) is 7.19. The molecule has 1 aromatic heterocycles. The first-order valence-corrected chi connectivity index (χ1v) is 8.48. The Balaban J connectivity index is 2.01. The van der Waals surface area contributed by atoms with Crippen LogP contribution in [0.3, 0.4) is 0 Å². The molecule has 20 heavy (non-hydrogen) atoms. The molecule has 7 heteroatoms. The lowest BCUT2D eigenvalue weighted by atomic mass is 10.3. The van der Waals surface area contributed by atoms with Crippen molar-refractivity contribution in [3.05, 3.63) is 29.4 Å². The SMILES string of the molecule is O=S(=O)(C[C@@H]1CCCN1)c1nc2ccccc2nc1Cl. The molecule has 0 unspecified atom stereocenters. The molecule has 1 N–H and O–H groups in total. The Morgan fingerprint density at radius 3 is 2.60 bits per heavy atom. The summed E-state index contributed by atoms with van der Waals surface area (Å²) in [4.78, 5) is 8.30. The van der Waals surface area contributed by atoms with E-state index in [1.165, 1.54) is 0 Å². The smallest absolute Gasteiger partial charge is 0.200 e. The van der Waals surface area contributed by atoms with Crippen LogP contribution in [0.5, 0.6) is 0 Å². The van der Waals surface area contributed by atoms with Crippen LogP contribution in [0, 0.1) is 0 Å². The number of nitrogens with one attached hydrogen (secondary N) is 1. The molecule has 5 nitrogen and oxygen atoms in total. The average molecular weight is 312 g/mol. The molecule has 0 amide bonds. The summed E-state index contributed by atoms with van der Waals surface area (Å²) in [6, 6.07) is 7.06. The van der Waals surface area contributed by atoms with Crippen molar-refractivity contribution in [2.45, 2.75) is 23.9 Å². The highest BCUT2D eigenvalue weighted by Crippen LogP contribution is 2.23. The van der Waals surface area contributed by atoms with Crippen molar-refractivity contribution in [3.63, 3.8) is 0 Å². The Labute approximate surface area is 122 Å². The normalized spacial score (nSPS) is 19.6. The van der Waals surface area contributed by atoms with Crippen molar-refractivity contribution in [2.24, 2.45) is 0 Å². The molecular weight excluding hydrogens is 298 g/mol. The number of hydrogen-bond acceptors (Lipinski definition) is 5. The van der Waals surface area contributed by atoms with E-state index in [4.69, 9.17) is 11.6 Å². The molecule has 1 fully saturated rings. The lowest BCUT2D eigenvalue weighted by Gasteiger charge is -2.11. The zero-order valence-electron chi connectivity index (χ0n) is 10.7. The molecule has 3 rings (SSSR count). The first-order valence-electron chi connectivity index (χ1n) is 6.45. The molecule has 0 bridgehead atoms. The summed E-state index contributed by atoms with van der Waals surface area (Å²) in [6.07, 6.45) is 1.86. The van der Waals surface area contributed by atoms with Gasteiger partial charge in [-0.1, -0.05) is 23.7 Å². The van der Waals surface area contributed by atoms with Crippen LogP contribution in [-0.4, -0.2) is 36.7 Å². The van der Waals surface area contributed by atoms with Crippen LogP contribution in [0.25, 0.3) is 11.0 Å². The van der Waals surface area contributed by atoms with E-state index in [-0.39, 0.29) is 22.0 Å². The van der Waals surface area contributed by atoms with Gasteiger partial charge in [-0.25, -0.2) is 18.4 Å². The van der Waals surface area contributed by atoms with E-state index in [1.54, 1.807) is 18.2 Å². The van der Waals surface area contributed by atoms with Gasteiger partial charge in [-0.3, -0.25) is 0 Å². The predicted molar refractivity (Wildman–Crippen MR) is 77.6 cm³/mol. The van der Waals surface area contributed by atoms with Crippen LogP contribution >= 0.6 is 11.6 Å². The summed E-state index contributed by atoms with van der Waals surface area (Å²) >= 11 is 6.00. The molecule has 1 aromatic carbocycles. The Morgan fingerprint density at radius 1 is 1.25 bits per heavy atom. The predicted octanol–water partition coefficient (Wildman–Crippen LogP) is 1.81. The third kappa shape index (κ3) is 2.63. The molecule has 2 aromatic rings. The second kappa shape index (κ2) is 5.27. The van der Waals surface area contributed by atoms with Gasteiger partial charge in [0.15, 0.2) is 20.0 Å². The molecule has 106 valence electrons. The van der Waals surface area contributed by atoms with Gasteiger partial charge >= 0.3 is 0 Å². The molecular formula is C13H14ClN3O2S. The molecule has 2 heterocycles. The van der Waals surface area contributed by atoms with E-state index >= 15 is 0 Å². The van der Waals surface area contributed by atoms with Crippen LogP contribution in [0.4, 0.5) is 0 Å². The summed E-state index contributed by atoms with van der Waals surface area (Å²) in [7, 11) is -3.53. The quantitative estimate of drug-likeness (QED) is 0.936. The van der Waals surface area contributed by atoms with Crippen LogP contribution in [-0.2, 0) is 9.84 Å². The zero-order valence-corrected chi connectivity index (χ0v) is 12.3. The first-order chi connectivity index (χ1) is 9.56. The van der Waals surface area contributed by atoms with Gasteiger partial charge in [0.25, 0.3) is 0 Å². The van der Waals surface area contributed by atoms with Crippen molar-refractivity contribution in [2.75, 3.05) is 12.3 Å². The number of para-hydroxylation sites is 2. The molecule has 0 saturated carbocycles. The molecule has 0 radical (unpaired) electrons. The van der Waals surface area contributed by atoms with Crippen LogP contribution in [0.15, 0.2) is 29.3 Å². The lowest BCUT2D eigenvalue weighted by Crippen LogP contribution is -2.30. The maximum absolute atomic E-state index is 12.4. The zero-order chi connectivity index (χ0) is 14.2. The maximum Gasteiger partial charge on any atom is 0.200 e. The summed E-state index contributed by atoms with van der Waals surface area (Å²) in [5, 5.41) is 3.00. The van der Waals surface area contributed by atoms with E-state index < -0.39 is 9.84 Å². The molecule has 1 aliphatic heterocycles. The van der Waals surface area contributed by atoms with Crippen LogP contribution < -0.4 is 5.32 Å². The molecule has 0 spiro atoms. The fourth-order valence-electron chi connectivity index (χ4n) is 2.40. The number of hydrogen-bond donors (Lipinski definition) is 1. The topological polar surface area (TPSA) is 72.0 Å². The largest absolute Gasteiger partial charge is 0.313 e. The molecule has 1 saturated heterocycles. The van der Waals surface area contributed by atoms with Gasteiger partial charge in [0, 0.05) is 6.04 Å². The van der Waals surface area contributed by atoms with Crippen molar-refractivity contribution >= 4 is 32.5 Å². The Kier molecular flexibility index (Phi) is 3.62. The van der Waals surface area contributed by atoms with E-state index in [1.807, 2.05) is 6.07 Å². The number of aromatic nitrogens is 2. The Bertz CT molecular complexity index is 742. The number of rotatable bonds is 3. The van der Waals surface area contributed by atoms with Gasteiger partial charge in [0.05, 0.1) is 16.8 Å². The first kappa shape index (κ1) is 13.7. The van der Waals surface area contributed by atoms with Crippen molar-refractivity contribution in [3.8, 4) is 0 Å². The molecule has 1 aliphatic rings. The number of fused-ring (bicyclic) bond motifs is 1. The van der Waals surface area contributed by atoms with E-state index in [2.05, 4.69) is 15.3 Å².